The van der Waals surface area contributed by atoms with Crippen LogP contribution in [0.4, 0.5) is 0 Å². The summed E-state index contributed by atoms with van der Waals surface area (Å²) in [6.07, 6.45) is 92.1. The SMILES string of the molecule is CC/C=C\C/C=C\C/C=C\C/C=C\C/C=C\C/C=C\C/C=C\C/C=C\C/C=C\CCCCCC(=O)OCC(COC(=O)CCCCCCC/C=C\CCCCC)OC(=O)CCCCCCCCCCCCCCCCCCCC. The normalized spacial score (nSPS) is 12.9. The van der Waals surface area contributed by atoms with Gasteiger partial charge in [0.15, 0.2) is 6.10 Å². The molecule has 0 saturated heterocycles. The summed E-state index contributed by atoms with van der Waals surface area (Å²) in [6.45, 7) is 6.49. The summed E-state index contributed by atoms with van der Waals surface area (Å²) in [5, 5.41) is 0. The lowest BCUT2D eigenvalue weighted by Crippen LogP contribution is -2.30. The molecule has 0 aliphatic rings. The molecule has 79 heavy (non-hydrogen) atoms. The maximum Gasteiger partial charge on any atom is 0.306 e. The van der Waals surface area contributed by atoms with E-state index in [9.17, 15) is 14.4 Å². The Balaban J connectivity index is 4.36. The molecule has 0 heterocycles. The van der Waals surface area contributed by atoms with Crippen molar-refractivity contribution in [2.45, 2.75) is 309 Å². The fourth-order valence-electron chi connectivity index (χ4n) is 9.02. The molecule has 0 aliphatic heterocycles. The van der Waals surface area contributed by atoms with E-state index in [0.29, 0.717) is 19.3 Å². The smallest absolute Gasteiger partial charge is 0.306 e. The van der Waals surface area contributed by atoms with E-state index >= 15 is 0 Å². The average molecular weight is 1100 g/mol. The Hall–Kier alpha value is -4.19. The van der Waals surface area contributed by atoms with E-state index in [4.69, 9.17) is 14.2 Å². The second-order valence-electron chi connectivity index (χ2n) is 21.6. The third kappa shape index (κ3) is 64.5. The van der Waals surface area contributed by atoms with Gasteiger partial charge in [-0.2, -0.15) is 0 Å². The number of esters is 3. The zero-order chi connectivity index (χ0) is 57.1. The minimum Gasteiger partial charge on any atom is -0.462 e. The Morgan fingerprint density at radius 3 is 0.823 bits per heavy atom. The van der Waals surface area contributed by atoms with Crippen LogP contribution in [-0.2, 0) is 28.6 Å². The van der Waals surface area contributed by atoms with E-state index in [1.54, 1.807) is 0 Å². The molecule has 0 rings (SSSR count). The van der Waals surface area contributed by atoms with Crippen LogP contribution in [0.2, 0.25) is 0 Å². The molecule has 0 fully saturated rings. The maximum atomic E-state index is 12.9. The molecule has 0 aliphatic carbocycles. The van der Waals surface area contributed by atoms with E-state index in [2.05, 4.69) is 142 Å². The molecule has 6 heteroatoms. The zero-order valence-corrected chi connectivity index (χ0v) is 51.6. The van der Waals surface area contributed by atoms with Gasteiger partial charge >= 0.3 is 17.9 Å². The van der Waals surface area contributed by atoms with Gasteiger partial charge in [0.2, 0.25) is 0 Å². The molecule has 0 aromatic heterocycles. The van der Waals surface area contributed by atoms with Crippen LogP contribution >= 0.6 is 0 Å². The molecule has 0 aromatic rings. The number of ether oxygens (including phenoxy) is 3. The van der Waals surface area contributed by atoms with Crippen molar-refractivity contribution in [2.24, 2.45) is 0 Å². The molecule has 0 saturated carbocycles. The molecular weight excluding hydrogens is 973 g/mol. The van der Waals surface area contributed by atoms with Crippen LogP contribution in [0.15, 0.2) is 122 Å². The van der Waals surface area contributed by atoms with Crippen molar-refractivity contribution in [2.75, 3.05) is 13.2 Å². The second-order valence-corrected chi connectivity index (χ2v) is 21.6. The Labute approximate surface area is 488 Å². The third-order valence-electron chi connectivity index (χ3n) is 14.0. The lowest BCUT2D eigenvalue weighted by molar-refractivity contribution is -0.167. The van der Waals surface area contributed by atoms with Crippen molar-refractivity contribution in [3.05, 3.63) is 122 Å². The second kappa shape index (κ2) is 66.3. The summed E-state index contributed by atoms with van der Waals surface area (Å²) in [5.74, 6) is -0.927. The highest BCUT2D eigenvalue weighted by Gasteiger charge is 2.19. The molecule has 6 nitrogen and oxygen atoms in total. The van der Waals surface area contributed by atoms with Crippen LogP contribution < -0.4 is 0 Å². The first kappa shape index (κ1) is 74.8. The number of carbonyl (C=O) groups is 3. The third-order valence-corrected chi connectivity index (χ3v) is 14.0. The standard InChI is InChI=1S/C73H122O6/c1-4-7-10-13-16-19-22-25-27-29-31-32-33-34-35-36-37-38-39-40-41-42-43-45-46-48-51-54-57-60-63-66-72(75)78-69-70(68-77-71(74)65-62-59-56-53-50-24-21-18-15-12-9-6-3)79-73(76)67-64-61-58-55-52-49-47-44-30-28-26-23-20-17-14-11-8-5-2/h7,10,16,18-19,21,25,27,31-32,34-35,37-38,40-41,43,45,48,51,70H,4-6,8-9,11-15,17,20,22-24,26,28-30,33,36,39,42,44,46-47,49-50,52-69H2,1-3H3/b10-7-,19-16-,21-18-,27-25-,32-31-,35-34-,38-37-,41-40-,45-43-,51-48-. The predicted molar refractivity (Wildman–Crippen MR) is 343 cm³/mol. The van der Waals surface area contributed by atoms with Gasteiger partial charge in [0.25, 0.3) is 0 Å². The number of allylic oxidation sites excluding steroid dienone is 20. The van der Waals surface area contributed by atoms with Crippen LogP contribution in [0, 0.1) is 0 Å². The lowest BCUT2D eigenvalue weighted by atomic mass is 10.0. The summed E-state index contributed by atoms with van der Waals surface area (Å²) >= 11 is 0. The molecule has 0 amide bonds. The highest BCUT2D eigenvalue weighted by atomic mass is 16.6. The van der Waals surface area contributed by atoms with Gasteiger partial charge in [0.1, 0.15) is 13.2 Å². The van der Waals surface area contributed by atoms with E-state index in [-0.39, 0.29) is 31.1 Å². The first-order valence-electron chi connectivity index (χ1n) is 33.0. The summed E-state index contributed by atoms with van der Waals surface area (Å²) in [6, 6.07) is 0. The number of unbranched alkanes of at least 4 members (excludes halogenated alkanes) is 28. The molecule has 1 unspecified atom stereocenters. The largest absolute Gasteiger partial charge is 0.462 e. The lowest BCUT2D eigenvalue weighted by Gasteiger charge is -2.18. The van der Waals surface area contributed by atoms with E-state index in [1.165, 1.54) is 135 Å². The molecule has 1 atom stereocenters. The number of rotatable bonds is 59. The van der Waals surface area contributed by atoms with Crippen molar-refractivity contribution < 1.29 is 28.6 Å². The van der Waals surface area contributed by atoms with E-state index < -0.39 is 6.10 Å². The molecule has 0 N–H and O–H groups in total. The van der Waals surface area contributed by atoms with Crippen molar-refractivity contribution in [1.29, 1.82) is 0 Å². The van der Waals surface area contributed by atoms with Crippen molar-refractivity contribution in [3.8, 4) is 0 Å². The number of hydrogen-bond donors (Lipinski definition) is 0. The van der Waals surface area contributed by atoms with E-state index in [1.807, 2.05) is 0 Å². The number of hydrogen-bond acceptors (Lipinski definition) is 6. The van der Waals surface area contributed by atoms with Gasteiger partial charge in [-0.05, 0) is 116 Å². The van der Waals surface area contributed by atoms with Crippen molar-refractivity contribution >= 4 is 17.9 Å². The topological polar surface area (TPSA) is 78.9 Å². The first-order chi connectivity index (χ1) is 39.0. The summed E-state index contributed by atoms with van der Waals surface area (Å²) < 4.78 is 16.9. The monoisotopic (exact) mass is 1090 g/mol. The molecule has 0 aromatic carbocycles. The Kier molecular flexibility index (Phi) is 62.8. The molecule has 0 radical (unpaired) electrons. The summed E-state index contributed by atoms with van der Waals surface area (Å²) in [4.78, 5) is 38.3. The fraction of sp³-hybridized carbons (Fsp3) is 0.685. The molecule has 450 valence electrons. The minimum atomic E-state index is -0.797. The van der Waals surface area contributed by atoms with Gasteiger partial charge in [-0.3, -0.25) is 14.4 Å². The van der Waals surface area contributed by atoms with Crippen LogP contribution in [-0.4, -0.2) is 37.2 Å². The minimum absolute atomic E-state index is 0.0924. The van der Waals surface area contributed by atoms with E-state index in [0.717, 1.165) is 128 Å². The quantitative estimate of drug-likeness (QED) is 0.0261. The average Bonchev–Trinajstić information content (AvgIpc) is 3.45. The molecule has 0 bridgehead atoms. The first-order valence-corrected chi connectivity index (χ1v) is 33.0. The summed E-state index contributed by atoms with van der Waals surface area (Å²) in [5.41, 5.74) is 0. The zero-order valence-electron chi connectivity index (χ0n) is 51.6. The Bertz CT molecular complexity index is 1640. The van der Waals surface area contributed by atoms with Crippen LogP contribution in [0.25, 0.3) is 0 Å². The molecular formula is C73H122O6. The molecule has 0 spiro atoms. The van der Waals surface area contributed by atoms with Crippen LogP contribution in [0.5, 0.6) is 0 Å². The van der Waals surface area contributed by atoms with Crippen molar-refractivity contribution in [1.82, 2.24) is 0 Å². The summed E-state index contributed by atoms with van der Waals surface area (Å²) in [7, 11) is 0. The maximum absolute atomic E-state index is 12.9. The van der Waals surface area contributed by atoms with Gasteiger partial charge in [0.05, 0.1) is 0 Å². The van der Waals surface area contributed by atoms with Gasteiger partial charge in [0, 0.05) is 19.3 Å². The number of carbonyl (C=O) groups excluding carboxylic acids is 3. The Morgan fingerprint density at radius 1 is 0.266 bits per heavy atom. The van der Waals surface area contributed by atoms with Crippen LogP contribution in [0.3, 0.4) is 0 Å². The highest BCUT2D eigenvalue weighted by molar-refractivity contribution is 5.71. The predicted octanol–water partition coefficient (Wildman–Crippen LogP) is 22.8. The van der Waals surface area contributed by atoms with Gasteiger partial charge < -0.3 is 14.2 Å². The van der Waals surface area contributed by atoms with Gasteiger partial charge in [-0.15, -0.1) is 0 Å². The van der Waals surface area contributed by atoms with Gasteiger partial charge in [-0.1, -0.05) is 290 Å². The Morgan fingerprint density at radius 2 is 0.494 bits per heavy atom. The van der Waals surface area contributed by atoms with Gasteiger partial charge in [-0.25, -0.2) is 0 Å². The van der Waals surface area contributed by atoms with Crippen molar-refractivity contribution in [3.63, 3.8) is 0 Å². The fourth-order valence-corrected chi connectivity index (χ4v) is 9.02. The van der Waals surface area contributed by atoms with Crippen LogP contribution in [0.1, 0.15) is 303 Å². The highest BCUT2D eigenvalue weighted by Crippen LogP contribution is 2.16.